The Morgan fingerprint density at radius 1 is 0.872 bits per heavy atom. The van der Waals surface area contributed by atoms with Gasteiger partial charge in [-0.15, -0.1) is 0 Å². The molecule has 2 N–H and O–H groups in total. The van der Waals surface area contributed by atoms with Crippen molar-refractivity contribution in [2.24, 2.45) is 11.8 Å². The van der Waals surface area contributed by atoms with Gasteiger partial charge in [-0.1, -0.05) is 24.3 Å². The van der Waals surface area contributed by atoms with E-state index >= 15 is 0 Å². The highest BCUT2D eigenvalue weighted by molar-refractivity contribution is 5.97. The molecule has 3 atom stereocenters. The average Bonchev–Trinajstić information content (AvgIpc) is 3.01. The SMILES string of the molecule is Cc1ccc(NC(=O)[C@H]2C[C@@H](C(F)(F)F)CN(C(=O)c3c(F)cccc3F)C2c2ccc(NC3CCOCC3)cc2)cc1C(F)(F)F. The van der Waals surface area contributed by atoms with E-state index in [9.17, 15) is 44.7 Å². The molecule has 2 amide bonds. The number of hydrogen-bond donors (Lipinski definition) is 2. The number of hydrogen-bond acceptors (Lipinski definition) is 4. The van der Waals surface area contributed by atoms with Crippen LogP contribution >= 0.6 is 0 Å². The molecule has 0 spiro atoms. The maximum atomic E-state index is 14.8. The molecular weight excluding hydrogens is 638 g/mol. The molecule has 2 aliphatic rings. The predicted molar refractivity (Wildman–Crippen MR) is 157 cm³/mol. The summed E-state index contributed by atoms with van der Waals surface area (Å²) in [5.41, 5.74) is -1.78. The van der Waals surface area contributed by atoms with Crippen LogP contribution in [0.25, 0.3) is 0 Å². The molecule has 252 valence electrons. The third-order valence-corrected chi connectivity index (χ3v) is 8.56. The van der Waals surface area contributed by atoms with Crippen molar-refractivity contribution in [3.05, 3.63) is 94.6 Å². The van der Waals surface area contributed by atoms with Crippen LogP contribution in [0.3, 0.4) is 0 Å². The van der Waals surface area contributed by atoms with Crippen molar-refractivity contribution in [1.29, 1.82) is 0 Å². The first-order valence-corrected chi connectivity index (χ1v) is 14.9. The predicted octanol–water partition coefficient (Wildman–Crippen LogP) is 7.90. The molecule has 2 saturated heterocycles. The van der Waals surface area contributed by atoms with Gasteiger partial charge in [0.1, 0.15) is 17.2 Å². The molecule has 2 aliphatic heterocycles. The highest BCUT2D eigenvalue weighted by Crippen LogP contribution is 2.45. The van der Waals surface area contributed by atoms with Gasteiger partial charge >= 0.3 is 12.4 Å². The number of nitrogens with zero attached hydrogens (tertiary/aromatic N) is 1. The molecule has 0 saturated carbocycles. The summed E-state index contributed by atoms with van der Waals surface area (Å²) in [5.74, 6) is -9.09. The van der Waals surface area contributed by atoms with E-state index in [1.807, 2.05) is 0 Å². The van der Waals surface area contributed by atoms with Gasteiger partial charge in [-0.2, -0.15) is 26.3 Å². The van der Waals surface area contributed by atoms with Crippen LogP contribution < -0.4 is 10.6 Å². The van der Waals surface area contributed by atoms with Crippen LogP contribution in [-0.4, -0.2) is 48.7 Å². The van der Waals surface area contributed by atoms with Gasteiger partial charge in [0.2, 0.25) is 5.91 Å². The van der Waals surface area contributed by atoms with Gasteiger partial charge in [-0.3, -0.25) is 9.59 Å². The fraction of sp³-hybridized carbons (Fsp3) is 0.394. The summed E-state index contributed by atoms with van der Waals surface area (Å²) in [5, 5.41) is 5.62. The van der Waals surface area contributed by atoms with Crippen molar-refractivity contribution in [2.75, 3.05) is 30.4 Å². The number of ether oxygens (including phenoxy) is 1. The number of rotatable bonds is 6. The molecule has 0 bridgehead atoms. The number of piperidine rings is 1. The Balaban J connectivity index is 1.56. The summed E-state index contributed by atoms with van der Waals surface area (Å²) in [6.45, 7) is 1.31. The molecule has 2 fully saturated rings. The largest absolute Gasteiger partial charge is 0.416 e. The van der Waals surface area contributed by atoms with Crippen LogP contribution in [0.15, 0.2) is 60.7 Å². The topological polar surface area (TPSA) is 70.7 Å². The average molecular weight is 670 g/mol. The van der Waals surface area contributed by atoms with Gasteiger partial charge in [-0.05, 0) is 73.7 Å². The summed E-state index contributed by atoms with van der Waals surface area (Å²) >= 11 is 0. The Kier molecular flexibility index (Phi) is 9.81. The molecule has 0 radical (unpaired) electrons. The van der Waals surface area contributed by atoms with Crippen molar-refractivity contribution < 1.29 is 49.4 Å². The van der Waals surface area contributed by atoms with E-state index in [-0.39, 0.29) is 22.9 Å². The van der Waals surface area contributed by atoms with Crippen molar-refractivity contribution in [1.82, 2.24) is 4.90 Å². The molecule has 2 heterocycles. The van der Waals surface area contributed by atoms with Gasteiger partial charge in [0.05, 0.1) is 23.4 Å². The fourth-order valence-electron chi connectivity index (χ4n) is 6.13. The number of halogens is 8. The number of likely N-dealkylation sites (tertiary alicyclic amines) is 1. The molecule has 47 heavy (non-hydrogen) atoms. The molecular formula is C33H31F8N3O3. The van der Waals surface area contributed by atoms with Crippen molar-refractivity contribution in [2.45, 2.75) is 50.6 Å². The number of alkyl halides is 6. The maximum Gasteiger partial charge on any atom is 0.416 e. The molecule has 0 aliphatic carbocycles. The zero-order valence-corrected chi connectivity index (χ0v) is 25.0. The summed E-state index contributed by atoms with van der Waals surface area (Å²) in [7, 11) is 0. The normalized spacial score (nSPS) is 21.0. The monoisotopic (exact) mass is 669 g/mol. The quantitative estimate of drug-likeness (QED) is 0.262. The lowest BCUT2D eigenvalue weighted by Gasteiger charge is -2.45. The summed E-state index contributed by atoms with van der Waals surface area (Å²) in [4.78, 5) is 28.1. The number of aryl methyl sites for hydroxylation is 1. The first-order valence-electron chi connectivity index (χ1n) is 14.9. The van der Waals surface area contributed by atoms with Crippen LogP contribution in [0.4, 0.5) is 46.5 Å². The molecule has 6 nitrogen and oxygen atoms in total. The second-order valence-corrected chi connectivity index (χ2v) is 11.7. The van der Waals surface area contributed by atoms with E-state index < -0.39 is 77.8 Å². The van der Waals surface area contributed by atoms with E-state index in [2.05, 4.69) is 10.6 Å². The first-order chi connectivity index (χ1) is 22.1. The smallest absolute Gasteiger partial charge is 0.382 e. The zero-order valence-electron chi connectivity index (χ0n) is 25.0. The number of nitrogens with one attached hydrogen (secondary N) is 2. The van der Waals surface area contributed by atoms with Crippen molar-refractivity contribution in [3.8, 4) is 0 Å². The minimum atomic E-state index is -4.93. The van der Waals surface area contributed by atoms with Crippen LogP contribution in [0, 0.1) is 30.4 Å². The van der Waals surface area contributed by atoms with Gasteiger partial charge < -0.3 is 20.3 Å². The number of benzene rings is 3. The van der Waals surface area contributed by atoms with E-state index in [4.69, 9.17) is 4.74 Å². The van der Waals surface area contributed by atoms with Gasteiger partial charge in [0.25, 0.3) is 5.91 Å². The second-order valence-electron chi connectivity index (χ2n) is 11.7. The van der Waals surface area contributed by atoms with Gasteiger partial charge in [-0.25, -0.2) is 8.78 Å². The number of carbonyl (C=O) groups is 2. The van der Waals surface area contributed by atoms with Crippen molar-refractivity contribution >= 4 is 23.2 Å². The zero-order chi connectivity index (χ0) is 34.1. The minimum Gasteiger partial charge on any atom is -0.382 e. The van der Waals surface area contributed by atoms with Crippen LogP contribution in [0.5, 0.6) is 0 Å². The van der Waals surface area contributed by atoms with Gasteiger partial charge in [0, 0.05) is 37.2 Å². The number of amides is 2. The highest BCUT2D eigenvalue weighted by Gasteiger charge is 2.52. The number of anilines is 2. The Hall–Kier alpha value is -4.20. The minimum absolute atomic E-state index is 0.0913. The molecule has 14 heteroatoms. The van der Waals surface area contributed by atoms with E-state index in [0.717, 1.165) is 37.1 Å². The fourth-order valence-corrected chi connectivity index (χ4v) is 6.13. The van der Waals surface area contributed by atoms with Crippen LogP contribution in [0.2, 0.25) is 0 Å². The second kappa shape index (κ2) is 13.5. The standard InChI is InChI=1S/C33H31F8N3O3/c1-18-5-8-23(16-25(18)33(39,40)41)43-30(45)24-15-20(32(36,37)38)17-44(31(46)28-26(34)3-2-4-27(28)35)29(24)19-6-9-21(10-7-19)42-22-11-13-47-14-12-22/h2-10,16,20,22,24,29,42H,11-15,17H2,1H3,(H,43,45)/t20-,24+,29?/m1/s1. The van der Waals surface area contributed by atoms with E-state index in [0.29, 0.717) is 29.9 Å². The molecule has 0 aromatic heterocycles. The third kappa shape index (κ3) is 7.69. The van der Waals surface area contributed by atoms with Crippen LogP contribution in [0.1, 0.15) is 52.4 Å². The van der Waals surface area contributed by atoms with Gasteiger partial charge in [0.15, 0.2) is 0 Å². The Labute approximate surface area is 265 Å². The molecule has 5 rings (SSSR count). The first kappa shape index (κ1) is 34.1. The van der Waals surface area contributed by atoms with Crippen LogP contribution in [-0.2, 0) is 15.7 Å². The van der Waals surface area contributed by atoms with E-state index in [1.54, 1.807) is 12.1 Å². The lowest BCUT2D eigenvalue weighted by Crippen LogP contribution is -2.52. The molecule has 3 aromatic rings. The Bertz CT molecular complexity index is 1580. The number of carbonyl (C=O) groups excluding carboxylic acids is 2. The molecule has 1 unspecified atom stereocenters. The summed E-state index contributed by atoms with van der Waals surface area (Å²) < 4.78 is 119. The lowest BCUT2D eigenvalue weighted by molar-refractivity contribution is -0.193. The molecule has 3 aromatic carbocycles. The maximum absolute atomic E-state index is 14.8. The Morgan fingerprint density at radius 3 is 2.09 bits per heavy atom. The summed E-state index contributed by atoms with van der Waals surface area (Å²) in [6.07, 6.45) is -9.08. The Morgan fingerprint density at radius 2 is 1.49 bits per heavy atom. The summed E-state index contributed by atoms with van der Waals surface area (Å²) in [6, 6.07) is 10.3. The highest BCUT2D eigenvalue weighted by atomic mass is 19.4. The van der Waals surface area contributed by atoms with Crippen molar-refractivity contribution in [3.63, 3.8) is 0 Å². The van der Waals surface area contributed by atoms with E-state index in [1.165, 1.54) is 25.1 Å². The lowest BCUT2D eigenvalue weighted by atomic mass is 9.78. The third-order valence-electron chi connectivity index (χ3n) is 8.56.